The lowest BCUT2D eigenvalue weighted by atomic mass is 10.1. The van der Waals surface area contributed by atoms with E-state index in [-0.39, 0.29) is 11.8 Å². The van der Waals surface area contributed by atoms with Crippen LogP contribution in [0, 0.1) is 5.92 Å². The molecule has 1 fully saturated rings. The number of nitrogens with two attached hydrogens (primary N) is 2. The molecule has 0 radical (unpaired) electrons. The SMILES string of the molecule is COc1cc(N)cc(CN2CCC(C(N)=O)C2)c1. The average molecular weight is 249 g/mol. The number of rotatable bonds is 4. The second-order valence-electron chi connectivity index (χ2n) is 4.74. The topological polar surface area (TPSA) is 81.6 Å². The van der Waals surface area contributed by atoms with Crippen LogP contribution in [0.1, 0.15) is 12.0 Å². The first-order valence-electron chi connectivity index (χ1n) is 6.03. The van der Waals surface area contributed by atoms with Crippen molar-refractivity contribution in [2.45, 2.75) is 13.0 Å². The summed E-state index contributed by atoms with van der Waals surface area (Å²) in [7, 11) is 1.62. The number of nitrogen functional groups attached to an aromatic ring is 1. The number of benzene rings is 1. The first-order valence-corrected chi connectivity index (χ1v) is 6.03. The molecule has 0 aromatic heterocycles. The van der Waals surface area contributed by atoms with E-state index in [9.17, 15) is 4.79 Å². The fourth-order valence-corrected chi connectivity index (χ4v) is 2.36. The van der Waals surface area contributed by atoms with Crippen LogP contribution in [0.3, 0.4) is 0 Å². The number of likely N-dealkylation sites (tertiary alicyclic amines) is 1. The van der Waals surface area contributed by atoms with E-state index in [1.165, 1.54) is 0 Å². The lowest BCUT2D eigenvalue weighted by molar-refractivity contribution is -0.121. The molecule has 1 aromatic carbocycles. The average Bonchev–Trinajstić information content (AvgIpc) is 2.76. The predicted octanol–water partition coefficient (Wildman–Crippen LogP) is 0.585. The monoisotopic (exact) mass is 249 g/mol. The Balaban J connectivity index is 2.02. The molecule has 0 bridgehead atoms. The van der Waals surface area contributed by atoms with Gasteiger partial charge in [0.2, 0.25) is 5.91 Å². The molecule has 98 valence electrons. The highest BCUT2D eigenvalue weighted by molar-refractivity contribution is 5.77. The predicted molar refractivity (Wildman–Crippen MR) is 70.0 cm³/mol. The standard InChI is InChI=1S/C13H19N3O2/c1-18-12-5-9(4-11(14)6-12)7-16-3-2-10(8-16)13(15)17/h4-6,10H,2-3,7-8,14H2,1H3,(H2,15,17). The van der Waals surface area contributed by atoms with Gasteiger partial charge in [0.25, 0.3) is 0 Å². The maximum absolute atomic E-state index is 11.1. The number of amides is 1. The maximum Gasteiger partial charge on any atom is 0.221 e. The minimum atomic E-state index is -0.206. The number of methoxy groups -OCH3 is 1. The van der Waals surface area contributed by atoms with Gasteiger partial charge in [-0.1, -0.05) is 0 Å². The molecular formula is C13H19N3O2. The molecular weight excluding hydrogens is 230 g/mol. The molecule has 0 aliphatic carbocycles. The minimum Gasteiger partial charge on any atom is -0.497 e. The largest absolute Gasteiger partial charge is 0.497 e. The summed E-state index contributed by atoms with van der Waals surface area (Å²) < 4.78 is 5.19. The van der Waals surface area contributed by atoms with E-state index in [0.717, 1.165) is 37.4 Å². The van der Waals surface area contributed by atoms with Crippen molar-refractivity contribution in [2.24, 2.45) is 11.7 Å². The first kappa shape index (κ1) is 12.7. The van der Waals surface area contributed by atoms with E-state index in [1.54, 1.807) is 13.2 Å². The molecule has 1 amide bonds. The summed E-state index contributed by atoms with van der Waals surface area (Å²) in [6.45, 7) is 2.39. The smallest absolute Gasteiger partial charge is 0.221 e. The lowest BCUT2D eigenvalue weighted by Gasteiger charge is -2.16. The minimum absolute atomic E-state index is 0.0204. The third-order valence-electron chi connectivity index (χ3n) is 3.31. The molecule has 0 spiro atoms. The molecule has 1 unspecified atom stereocenters. The van der Waals surface area contributed by atoms with Crippen LogP contribution < -0.4 is 16.2 Å². The molecule has 0 saturated carbocycles. The molecule has 5 nitrogen and oxygen atoms in total. The molecule has 4 N–H and O–H groups in total. The molecule has 1 aliphatic rings. The Morgan fingerprint density at radius 3 is 2.89 bits per heavy atom. The van der Waals surface area contributed by atoms with E-state index in [2.05, 4.69) is 4.90 Å². The zero-order chi connectivity index (χ0) is 13.1. The van der Waals surface area contributed by atoms with Gasteiger partial charge in [-0.25, -0.2) is 0 Å². The van der Waals surface area contributed by atoms with Crippen molar-refractivity contribution in [1.82, 2.24) is 4.90 Å². The lowest BCUT2D eigenvalue weighted by Crippen LogP contribution is -2.27. The van der Waals surface area contributed by atoms with Crippen molar-refractivity contribution in [3.8, 4) is 5.75 Å². The number of anilines is 1. The van der Waals surface area contributed by atoms with Gasteiger partial charge < -0.3 is 16.2 Å². The van der Waals surface area contributed by atoms with E-state index in [1.807, 2.05) is 12.1 Å². The van der Waals surface area contributed by atoms with Crippen LogP contribution in [0.5, 0.6) is 5.75 Å². The highest BCUT2D eigenvalue weighted by Gasteiger charge is 2.26. The zero-order valence-electron chi connectivity index (χ0n) is 10.6. The van der Waals surface area contributed by atoms with Gasteiger partial charge in [0.05, 0.1) is 13.0 Å². The summed E-state index contributed by atoms with van der Waals surface area (Å²) in [6, 6.07) is 5.69. The van der Waals surface area contributed by atoms with Gasteiger partial charge in [0.1, 0.15) is 5.75 Å². The summed E-state index contributed by atoms with van der Waals surface area (Å²) in [5, 5.41) is 0. The van der Waals surface area contributed by atoms with E-state index in [0.29, 0.717) is 5.69 Å². The molecule has 1 atom stereocenters. The second-order valence-corrected chi connectivity index (χ2v) is 4.74. The summed E-state index contributed by atoms with van der Waals surface area (Å²) >= 11 is 0. The molecule has 2 rings (SSSR count). The van der Waals surface area contributed by atoms with Crippen LogP contribution in [0.4, 0.5) is 5.69 Å². The molecule has 1 aliphatic heterocycles. The Morgan fingerprint density at radius 1 is 1.50 bits per heavy atom. The van der Waals surface area contributed by atoms with Crippen molar-refractivity contribution >= 4 is 11.6 Å². The summed E-state index contributed by atoms with van der Waals surface area (Å²) in [5.41, 5.74) is 12.9. The molecule has 1 saturated heterocycles. The van der Waals surface area contributed by atoms with E-state index >= 15 is 0 Å². The Morgan fingerprint density at radius 2 is 2.28 bits per heavy atom. The van der Waals surface area contributed by atoms with Crippen LogP contribution in [0.15, 0.2) is 18.2 Å². The van der Waals surface area contributed by atoms with Gasteiger partial charge in [0, 0.05) is 24.8 Å². The number of carbonyl (C=O) groups is 1. The number of ether oxygens (including phenoxy) is 1. The van der Waals surface area contributed by atoms with Crippen molar-refractivity contribution < 1.29 is 9.53 Å². The summed E-state index contributed by atoms with van der Waals surface area (Å²) in [4.78, 5) is 13.3. The first-order chi connectivity index (χ1) is 8.58. The highest BCUT2D eigenvalue weighted by Crippen LogP contribution is 2.22. The Labute approximate surface area is 107 Å². The van der Waals surface area contributed by atoms with Gasteiger partial charge >= 0.3 is 0 Å². The summed E-state index contributed by atoms with van der Waals surface area (Å²) in [5.74, 6) is 0.534. The Kier molecular flexibility index (Phi) is 3.72. The van der Waals surface area contributed by atoms with Crippen molar-refractivity contribution in [3.05, 3.63) is 23.8 Å². The quantitative estimate of drug-likeness (QED) is 0.765. The van der Waals surface area contributed by atoms with Gasteiger partial charge in [-0.05, 0) is 30.7 Å². The fourth-order valence-electron chi connectivity index (χ4n) is 2.36. The number of primary amides is 1. The Bertz CT molecular complexity index is 448. The molecule has 18 heavy (non-hydrogen) atoms. The number of hydrogen-bond donors (Lipinski definition) is 2. The number of nitrogens with zero attached hydrogens (tertiary/aromatic N) is 1. The van der Waals surface area contributed by atoms with Gasteiger partial charge in [-0.3, -0.25) is 9.69 Å². The van der Waals surface area contributed by atoms with Gasteiger partial charge in [-0.2, -0.15) is 0 Å². The van der Waals surface area contributed by atoms with Crippen LogP contribution >= 0.6 is 0 Å². The Hall–Kier alpha value is -1.75. The van der Waals surface area contributed by atoms with E-state index in [4.69, 9.17) is 16.2 Å². The zero-order valence-corrected chi connectivity index (χ0v) is 10.6. The van der Waals surface area contributed by atoms with Gasteiger partial charge in [-0.15, -0.1) is 0 Å². The van der Waals surface area contributed by atoms with Gasteiger partial charge in [0.15, 0.2) is 0 Å². The van der Waals surface area contributed by atoms with Crippen molar-refractivity contribution in [3.63, 3.8) is 0 Å². The normalized spacial score (nSPS) is 19.9. The molecule has 5 heteroatoms. The summed E-state index contributed by atoms with van der Waals surface area (Å²) in [6.07, 6.45) is 0.842. The van der Waals surface area contributed by atoms with Crippen LogP contribution in [-0.2, 0) is 11.3 Å². The highest BCUT2D eigenvalue weighted by atomic mass is 16.5. The number of hydrogen-bond acceptors (Lipinski definition) is 4. The van der Waals surface area contributed by atoms with Crippen molar-refractivity contribution in [2.75, 3.05) is 25.9 Å². The molecule has 1 aromatic rings. The van der Waals surface area contributed by atoms with Crippen LogP contribution in [0.25, 0.3) is 0 Å². The van der Waals surface area contributed by atoms with Crippen LogP contribution in [0.2, 0.25) is 0 Å². The fraction of sp³-hybridized carbons (Fsp3) is 0.462. The van der Waals surface area contributed by atoms with Crippen LogP contribution in [-0.4, -0.2) is 31.0 Å². The maximum atomic E-state index is 11.1. The number of carbonyl (C=O) groups excluding carboxylic acids is 1. The second kappa shape index (κ2) is 5.27. The van der Waals surface area contributed by atoms with Crippen molar-refractivity contribution in [1.29, 1.82) is 0 Å². The molecule has 1 heterocycles. The third-order valence-corrected chi connectivity index (χ3v) is 3.31. The van der Waals surface area contributed by atoms with E-state index < -0.39 is 0 Å². The third kappa shape index (κ3) is 2.92.